The van der Waals surface area contributed by atoms with E-state index in [2.05, 4.69) is 38.7 Å². The van der Waals surface area contributed by atoms with Crippen LogP contribution >= 0.6 is 0 Å². The Morgan fingerprint density at radius 2 is 2.00 bits per heavy atom. The van der Waals surface area contributed by atoms with Crippen LogP contribution in [0.25, 0.3) is 5.69 Å². The van der Waals surface area contributed by atoms with Gasteiger partial charge in [-0.3, -0.25) is 0 Å². The summed E-state index contributed by atoms with van der Waals surface area (Å²) >= 11 is 0. The van der Waals surface area contributed by atoms with Gasteiger partial charge in [-0.1, -0.05) is 17.3 Å². The number of hydrogen-bond donors (Lipinski definition) is 1. The minimum Gasteiger partial charge on any atom is -0.379 e. The molecule has 5 rings (SSSR count). The Morgan fingerprint density at radius 1 is 1.15 bits per heavy atom. The van der Waals surface area contributed by atoms with Crippen molar-refractivity contribution >= 4 is 5.69 Å². The summed E-state index contributed by atoms with van der Waals surface area (Å²) < 4.78 is 1.82. The summed E-state index contributed by atoms with van der Waals surface area (Å²) in [6, 6.07) is 8.89. The van der Waals surface area contributed by atoms with Gasteiger partial charge < -0.3 is 10.2 Å². The Balaban J connectivity index is 1.60. The molecular weight excluding hydrogens is 250 g/mol. The smallest absolute Gasteiger partial charge is 0.0894 e. The molecule has 2 aromatic rings. The largest absolute Gasteiger partial charge is 0.379 e. The van der Waals surface area contributed by atoms with Gasteiger partial charge in [0.25, 0.3) is 0 Å². The van der Waals surface area contributed by atoms with Crippen molar-refractivity contribution in [1.29, 1.82) is 0 Å². The van der Waals surface area contributed by atoms with Crippen LogP contribution in [-0.2, 0) is 0 Å². The molecule has 1 aromatic carbocycles. The first-order chi connectivity index (χ1) is 9.90. The van der Waals surface area contributed by atoms with Gasteiger partial charge in [-0.2, -0.15) is 0 Å². The fourth-order valence-corrected chi connectivity index (χ4v) is 3.46. The minimum absolute atomic E-state index is 0.558. The molecule has 0 spiro atoms. The first kappa shape index (κ1) is 11.9. The highest BCUT2D eigenvalue weighted by Gasteiger charge is 2.34. The second-order valence-electron chi connectivity index (χ2n) is 5.75. The zero-order chi connectivity index (χ0) is 13.4. The molecule has 1 N–H and O–H groups in total. The molecule has 3 saturated heterocycles. The number of benzene rings is 1. The van der Waals surface area contributed by atoms with Crippen molar-refractivity contribution in [3.63, 3.8) is 0 Å². The molecule has 0 radical (unpaired) electrons. The fourth-order valence-electron chi connectivity index (χ4n) is 3.46. The third-order valence-electron chi connectivity index (χ3n) is 4.57. The number of fused-ring (bicyclic) bond motifs is 3. The summed E-state index contributed by atoms with van der Waals surface area (Å²) in [4.78, 5) is 2.57. The van der Waals surface area contributed by atoms with Gasteiger partial charge in [-0.05, 0) is 44.0 Å². The summed E-state index contributed by atoms with van der Waals surface area (Å²) in [5.41, 5.74) is 2.22. The molecule has 3 aliphatic rings. The molecule has 20 heavy (non-hydrogen) atoms. The van der Waals surface area contributed by atoms with E-state index in [-0.39, 0.29) is 0 Å². The number of aromatic nitrogens is 3. The van der Waals surface area contributed by atoms with E-state index in [0.29, 0.717) is 6.04 Å². The van der Waals surface area contributed by atoms with Crippen molar-refractivity contribution in [2.45, 2.75) is 18.9 Å². The van der Waals surface area contributed by atoms with Crippen molar-refractivity contribution in [3.05, 3.63) is 36.7 Å². The zero-order valence-electron chi connectivity index (χ0n) is 11.4. The van der Waals surface area contributed by atoms with Gasteiger partial charge in [0, 0.05) is 12.6 Å². The van der Waals surface area contributed by atoms with Crippen LogP contribution in [-0.4, -0.2) is 45.6 Å². The predicted molar refractivity (Wildman–Crippen MR) is 77.9 cm³/mol. The summed E-state index contributed by atoms with van der Waals surface area (Å²) in [7, 11) is 0. The van der Waals surface area contributed by atoms with Crippen LogP contribution in [0.5, 0.6) is 0 Å². The van der Waals surface area contributed by atoms with Crippen molar-refractivity contribution < 1.29 is 0 Å². The van der Waals surface area contributed by atoms with Gasteiger partial charge in [0.1, 0.15) is 0 Å². The number of para-hydroxylation sites is 2. The minimum atomic E-state index is 0.558. The monoisotopic (exact) mass is 269 g/mol. The van der Waals surface area contributed by atoms with Gasteiger partial charge in [0.05, 0.1) is 23.8 Å². The summed E-state index contributed by atoms with van der Waals surface area (Å²) in [6.45, 7) is 3.71. The SMILES string of the molecule is c1ccc(-n2ccnn2)c(NC2CN3CCC2CC3)c1. The molecule has 4 heterocycles. The van der Waals surface area contributed by atoms with E-state index < -0.39 is 0 Å². The Kier molecular flexibility index (Phi) is 2.92. The second-order valence-corrected chi connectivity index (χ2v) is 5.75. The number of anilines is 1. The average molecular weight is 269 g/mol. The van der Waals surface area contributed by atoms with E-state index in [1.807, 2.05) is 16.9 Å². The van der Waals surface area contributed by atoms with Crippen LogP contribution in [0, 0.1) is 5.92 Å². The van der Waals surface area contributed by atoms with Gasteiger partial charge in [0.2, 0.25) is 0 Å². The van der Waals surface area contributed by atoms with E-state index in [0.717, 1.165) is 23.8 Å². The molecule has 1 aromatic heterocycles. The Bertz CT molecular complexity index is 572. The van der Waals surface area contributed by atoms with E-state index in [9.17, 15) is 0 Å². The maximum atomic E-state index is 4.10. The maximum Gasteiger partial charge on any atom is 0.0894 e. The van der Waals surface area contributed by atoms with Gasteiger partial charge in [-0.25, -0.2) is 4.68 Å². The molecule has 3 aliphatic heterocycles. The summed E-state index contributed by atoms with van der Waals surface area (Å²) in [6.07, 6.45) is 6.24. The Morgan fingerprint density at radius 3 is 2.70 bits per heavy atom. The maximum absolute atomic E-state index is 4.10. The lowest BCUT2D eigenvalue weighted by atomic mass is 9.84. The van der Waals surface area contributed by atoms with Crippen molar-refractivity contribution in [3.8, 4) is 5.69 Å². The number of rotatable bonds is 3. The average Bonchev–Trinajstić information content (AvgIpc) is 3.03. The lowest BCUT2D eigenvalue weighted by Gasteiger charge is -2.45. The first-order valence-corrected chi connectivity index (χ1v) is 7.35. The topological polar surface area (TPSA) is 46.0 Å². The molecule has 104 valence electrons. The molecule has 1 atom stereocenters. The summed E-state index contributed by atoms with van der Waals surface area (Å²) in [5.74, 6) is 0.809. The van der Waals surface area contributed by atoms with Crippen molar-refractivity contribution in [2.24, 2.45) is 5.92 Å². The van der Waals surface area contributed by atoms with Gasteiger partial charge in [-0.15, -0.1) is 5.10 Å². The molecule has 5 heteroatoms. The van der Waals surface area contributed by atoms with E-state index in [1.165, 1.54) is 25.9 Å². The number of piperidine rings is 3. The first-order valence-electron chi connectivity index (χ1n) is 7.35. The highest BCUT2D eigenvalue weighted by molar-refractivity contribution is 5.61. The molecule has 1 unspecified atom stereocenters. The number of nitrogens with one attached hydrogen (secondary N) is 1. The molecular formula is C15H19N5. The predicted octanol–water partition coefficient (Wildman–Crippen LogP) is 1.77. The molecule has 0 saturated carbocycles. The summed E-state index contributed by atoms with van der Waals surface area (Å²) in [5, 5.41) is 11.7. The molecule has 0 amide bonds. The fraction of sp³-hybridized carbons (Fsp3) is 0.467. The number of hydrogen-bond acceptors (Lipinski definition) is 4. The Hall–Kier alpha value is -1.88. The van der Waals surface area contributed by atoms with Crippen LogP contribution in [0.4, 0.5) is 5.69 Å². The van der Waals surface area contributed by atoms with Gasteiger partial charge in [0.15, 0.2) is 0 Å². The van der Waals surface area contributed by atoms with Crippen molar-refractivity contribution in [2.75, 3.05) is 25.0 Å². The second kappa shape index (κ2) is 4.90. The molecule has 2 bridgehead atoms. The van der Waals surface area contributed by atoms with E-state index in [4.69, 9.17) is 0 Å². The van der Waals surface area contributed by atoms with Crippen LogP contribution in [0.2, 0.25) is 0 Å². The van der Waals surface area contributed by atoms with Crippen molar-refractivity contribution in [1.82, 2.24) is 19.9 Å². The zero-order valence-corrected chi connectivity index (χ0v) is 11.4. The van der Waals surface area contributed by atoms with E-state index >= 15 is 0 Å². The standard InChI is InChI=1S/C15H19N5/c1-2-4-15(20-10-7-16-18-20)13(3-1)17-14-11-19-8-5-12(14)6-9-19/h1-4,7,10,12,14,17H,5-6,8-9,11H2. The third-order valence-corrected chi connectivity index (χ3v) is 4.57. The van der Waals surface area contributed by atoms with Crippen LogP contribution < -0.4 is 5.32 Å². The number of nitrogens with zero attached hydrogens (tertiary/aromatic N) is 4. The normalized spacial score (nSPS) is 28.5. The Labute approximate surface area is 118 Å². The molecule has 3 fully saturated rings. The highest BCUT2D eigenvalue weighted by atomic mass is 15.4. The van der Waals surface area contributed by atoms with Crippen LogP contribution in [0.1, 0.15) is 12.8 Å². The van der Waals surface area contributed by atoms with E-state index in [1.54, 1.807) is 6.20 Å². The molecule has 0 aliphatic carbocycles. The highest BCUT2D eigenvalue weighted by Crippen LogP contribution is 2.31. The van der Waals surface area contributed by atoms with Gasteiger partial charge >= 0.3 is 0 Å². The van der Waals surface area contributed by atoms with Crippen LogP contribution in [0.15, 0.2) is 36.7 Å². The molecule has 5 nitrogen and oxygen atoms in total. The lowest BCUT2D eigenvalue weighted by molar-refractivity contribution is 0.0975. The third kappa shape index (κ3) is 2.08. The van der Waals surface area contributed by atoms with Crippen LogP contribution in [0.3, 0.4) is 0 Å². The lowest BCUT2D eigenvalue weighted by Crippen LogP contribution is -2.53. The quantitative estimate of drug-likeness (QED) is 0.922.